The molecule has 3 amide bonds. The Labute approximate surface area is 154 Å². The van der Waals surface area contributed by atoms with Crippen molar-refractivity contribution < 1.29 is 14.3 Å². The monoisotopic (exact) mass is 360 g/mol. The predicted octanol–water partition coefficient (Wildman–Crippen LogP) is 1.16. The number of benzene rings is 1. The fourth-order valence-corrected chi connectivity index (χ4v) is 3.59. The standard InChI is InChI=1S/C19H28N4O3/c1-21(16-7-4-3-5-8-16)11-6-10-20-18(25)23-12-9-19(15-23)14-22(2)17(24)13-26-19/h3-5,7-8H,6,9-15H2,1-2H3,(H,20,25)/t19-/m0/s1. The zero-order valence-corrected chi connectivity index (χ0v) is 15.6. The average molecular weight is 360 g/mol. The van der Waals surface area contributed by atoms with Gasteiger partial charge in [0.2, 0.25) is 5.91 Å². The highest BCUT2D eigenvalue weighted by atomic mass is 16.5. The van der Waals surface area contributed by atoms with Crippen LogP contribution >= 0.6 is 0 Å². The first-order valence-corrected chi connectivity index (χ1v) is 9.16. The van der Waals surface area contributed by atoms with Gasteiger partial charge in [-0.15, -0.1) is 0 Å². The highest BCUT2D eigenvalue weighted by molar-refractivity contribution is 5.78. The maximum atomic E-state index is 12.4. The first kappa shape index (κ1) is 18.5. The smallest absolute Gasteiger partial charge is 0.317 e. The highest BCUT2D eigenvalue weighted by Crippen LogP contribution is 2.29. The lowest BCUT2D eigenvalue weighted by molar-refractivity contribution is -0.158. The van der Waals surface area contributed by atoms with E-state index in [-0.39, 0.29) is 18.5 Å². The molecule has 0 bridgehead atoms. The van der Waals surface area contributed by atoms with E-state index in [2.05, 4.69) is 29.4 Å². The first-order chi connectivity index (χ1) is 12.5. The van der Waals surface area contributed by atoms with Gasteiger partial charge in [-0.05, 0) is 25.0 Å². The van der Waals surface area contributed by atoms with Gasteiger partial charge in [-0.2, -0.15) is 0 Å². The summed E-state index contributed by atoms with van der Waals surface area (Å²) in [6, 6.07) is 10.2. The van der Waals surface area contributed by atoms with Crippen LogP contribution in [0, 0.1) is 0 Å². The zero-order chi connectivity index (χ0) is 18.6. The number of morpholine rings is 1. The van der Waals surface area contributed by atoms with Crippen molar-refractivity contribution in [3.63, 3.8) is 0 Å². The number of para-hydroxylation sites is 1. The number of amides is 3. The maximum Gasteiger partial charge on any atom is 0.317 e. The number of nitrogens with zero attached hydrogens (tertiary/aromatic N) is 3. The van der Waals surface area contributed by atoms with E-state index in [1.165, 1.54) is 5.69 Å². The quantitative estimate of drug-likeness (QED) is 0.800. The summed E-state index contributed by atoms with van der Waals surface area (Å²) in [6.07, 6.45) is 1.65. The minimum absolute atomic E-state index is 0.000984. The number of likely N-dealkylation sites (N-methyl/N-ethyl adjacent to an activating group) is 1. The maximum absolute atomic E-state index is 12.4. The Bertz CT molecular complexity index is 639. The number of anilines is 1. The highest BCUT2D eigenvalue weighted by Gasteiger charge is 2.45. The van der Waals surface area contributed by atoms with Crippen LogP contribution in [-0.4, -0.2) is 80.8 Å². The number of urea groups is 1. The molecule has 7 nitrogen and oxygen atoms in total. The molecule has 0 unspecified atom stereocenters. The van der Waals surface area contributed by atoms with Crippen molar-refractivity contribution >= 4 is 17.6 Å². The Morgan fingerprint density at radius 3 is 2.81 bits per heavy atom. The van der Waals surface area contributed by atoms with Crippen LogP contribution in [0.4, 0.5) is 10.5 Å². The topological polar surface area (TPSA) is 65.1 Å². The molecule has 0 saturated carbocycles. The van der Waals surface area contributed by atoms with Crippen molar-refractivity contribution in [1.29, 1.82) is 0 Å². The summed E-state index contributed by atoms with van der Waals surface area (Å²) >= 11 is 0. The van der Waals surface area contributed by atoms with E-state index in [0.717, 1.165) is 19.4 Å². The van der Waals surface area contributed by atoms with Crippen LogP contribution in [-0.2, 0) is 9.53 Å². The van der Waals surface area contributed by atoms with Crippen LogP contribution in [0.1, 0.15) is 12.8 Å². The average Bonchev–Trinajstić information content (AvgIpc) is 3.06. The predicted molar refractivity (Wildman–Crippen MR) is 100 cm³/mol. The fourth-order valence-electron chi connectivity index (χ4n) is 3.59. The van der Waals surface area contributed by atoms with Gasteiger partial charge >= 0.3 is 6.03 Å². The summed E-state index contributed by atoms with van der Waals surface area (Å²) in [4.78, 5) is 29.7. The van der Waals surface area contributed by atoms with Gasteiger partial charge in [0.15, 0.2) is 0 Å². The van der Waals surface area contributed by atoms with Crippen molar-refractivity contribution in [2.45, 2.75) is 18.4 Å². The van der Waals surface area contributed by atoms with Crippen molar-refractivity contribution in [3.05, 3.63) is 30.3 Å². The Morgan fingerprint density at radius 2 is 2.08 bits per heavy atom. The third-order valence-electron chi connectivity index (χ3n) is 5.20. The summed E-state index contributed by atoms with van der Waals surface area (Å²) in [5.41, 5.74) is 0.779. The molecule has 2 saturated heterocycles. The number of rotatable bonds is 5. The number of ether oxygens (including phenoxy) is 1. The molecule has 2 aliphatic heterocycles. The Morgan fingerprint density at radius 1 is 1.31 bits per heavy atom. The Hall–Kier alpha value is -2.28. The van der Waals surface area contributed by atoms with Crippen LogP contribution in [0.3, 0.4) is 0 Å². The summed E-state index contributed by atoms with van der Waals surface area (Å²) in [6.45, 7) is 3.39. The van der Waals surface area contributed by atoms with Gasteiger partial charge in [-0.25, -0.2) is 4.79 Å². The summed E-state index contributed by atoms with van der Waals surface area (Å²) < 4.78 is 5.78. The van der Waals surface area contributed by atoms with Gasteiger partial charge in [0, 0.05) is 39.4 Å². The molecule has 2 fully saturated rings. The lowest BCUT2D eigenvalue weighted by atomic mass is 10.0. The summed E-state index contributed by atoms with van der Waals surface area (Å²) in [5, 5.41) is 3.00. The second-order valence-corrected chi connectivity index (χ2v) is 7.24. The van der Waals surface area contributed by atoms with Gasteiger partial charge in [0.25, 0.3) is 0 Å². The van der Waals surface area contributed by atoms with E-state index in [4.69, 9.17) is 4.74 Å². The SMILES string of the molecule is CN1C[C@]2(CCN(C(=O)NCCCN(C)c3ccccc3)C2)OCC1=O. The molecular formula is C19H28N4O3. The minimum Gasteiger partial charge on any atom is -0.375 e. The molecule has 1 spiro atoms. The summed E-state index contributed by atoms with van der Waals surface area (Å²) in [7, 11) is 3.85. The van der Waals surface area contributed by atoms with Gasteiger partial charge in [0.1, 0.15) is 12.2 Å². The molecular weight excluding hydrogens is 332 g/mol. The summed E-state index contributed by atoms with van der Waals surface area (Å²) in [5.74, 6) is 0.000984. The van der Waals surface area contributed by atoms with E-state index >= 15 is 0 Å². The number of likely N-dealkylation sites (tertiary alicyclic amines) is 1. The molecule has 0 aliphatic carbocycles. The Balaban J connectivity index is 1.39. The Kier molecular flexibility index (Phi) is 5.66. The second-order valence-electron chi connectivity index (χ2n) is 7.24. The first-order valence-electron chi connectivity index (χ1n) is 9.16. The second kappa shape index (κ2) is 7.95. The van der Waals surface area contributed by atoms with Crippen molar-refractivity contribution in [2.75, 3.05) is 58.3 Å². The third kappa shape index (κ3) is 4.27. The van der Waals surface area contributed by atoms with E-state index in [0.29, 0.717) is 26.2 Å². The van der Waals surface area contributed by atoms with Gasteiger partial charge < -0.3 is 24.8 Å². The molecule has 1 aromatic rings. The molecule has 2 aliphatic rings. The van der Waals surface area contributed by atoms with Gasteiger partial charge in [-0.3, -0.25) is 4.79 Å². The van der Waals surface area contributed by atoms with Crippen molar-refractivity contribution in [2.24, 2.45) is 0 Å². The molecule has 7 heteroatoms. The fraction of sp³-hybridized carbons (Fsp3) is 0.579. The lowest BCUT2D eigenvalue weighted by Gasteiger charge is -2.38. The molecule has 26 heavy (non-hydrogen) atoms. The molecule has 3 rings (SSSR count). The van der Waals surface area contributed by atoms with E-state index in [9.17, 15) is 9.59 Å². The van der Waals surface area contributed by atoms with Crippen LogP contribution in [0.2, 0.25) is 0 Å². The van der Waals surface area contributed by atoms with Crippen LogP contribution in [0.25, 0.3) is 0 Å². The lowest BCUT2D eigenvalue weighted by Crippen LogP contribution is -2.55. The van der Waals surface area contributed by atoms with Gasteiger partial charge in [0.05, 0.1) is 13.1 Å². The van der Waals surface area contributed by atoms with Crippen LogP contribution in [0.15, 0.2) is 30.3 Å². The number of hydrogen-bond donors (Lipinski definition) is 1. The van der Waals surface area contributed by atoms with E-state index in [1.807, 2.05) is 18.2 Å². The molecule has 142 valence electrons. The molecule has 0 radical (unpaired) electrons. The normalized spacial score (nSPS) is 22.8. The molecule has 1 aromatic carbocycles. The number of nitrogens with one attached hydrogen (secondary N) is 1. The van der Waals surface area contributed by atoms with Crippen molar-refractivity contribution in [1.82, 2.24) is 15.1 Å². The third-order valence-corrected chi connectivity index (χ3v) is 5.20. The zero-order valence-electron chi connectivity index (χ0n) is 15.6. The number of carbonyl (C=O) groups is 2. The van der Waals surface area contributed by atoms with Crippen molar-refractivity contribution in [3.8, 4) is 0 Å². The molecule has 1 atom stereocenters. The van der Waals surface area contributed by atoms with Crippen LogP contribution in [0.5, 0.6) is 0 Å². The van der Waals surface area contributed by atoms with E-state index < -0.39 is 5.60 Å². The number of hydrogen-bond acceptors (Lipinski definition) is 4. The number of carbonyl (C=O) groups excluding carboxylic acids is 2. The van der Waals surface area contributed by atoms with E-state index in [1.54, 1.807) is 16.8 Å². The molecule has 2 heterocycles. The van der Waals surface area contributed by atoms with Crippen LogP contribution < -0.4 is 10.2 Å². The minimum atomic E-state index is -0.395. The molecule has 0 aromatic heterocycles. The van der Waals surface area contributed by atoms with Gasteiger partial charge in [-0.1, -0.05) is 18.2 Å². The molecule has 1 N–H and O–H groups in total. The largest absolute Gasteiger partial charge is 0.375 e.